The van der Waals surface area contributed by atoms with Gasteiger partial charge >= 0.3 is 6.09 Å². The predicted molar refractivity (Wildman–Crippen MR) is 141 cm³/mol. The lowest BCUT2D eigenvalue weighted by atomic mass is 10.1. The summed E-state index contributed by atoms with van der Waals surface area (Å²) in [6.45, 7) is 1.79. The molecular weight excluding hydrogens is 675 g/mol. The van der Waals surface area contributed by atoms with E-state index in [1.54, 1.807) is 31.2 Å². The maximum Gasteiger partial charge on any atom is 0.421 e. The number of carboxylic acid groups (broad SMARTS) is 1. The van der Waals surface area contributed by atoms with Crippen LogP contribution in [0.25, 0.3) is 5.82 Å². The minimum atomic E-state index is -1.20. The number of hydrazine groups is 1. The number of Topliss-reactive ketones (excluding diaryl/α,β-unsaturated/α-hetero) is 1. The normalized spacial score (nSPS) is 10.9. The van der Waals surface area contributed by atoms with Gasteiger partial charge in [-0.15, -0.1) is 0 Å². The maximum atomic E-state index is 13.3. The summed E-state index contributed by atoms with van der Waals surface area (Å²) in [4.78, 5) is 42.1. The number of ketones is 1. The van der Waals surface area contributed by atoms with Crippen molar-refractivity contribution < 1.29 is 19.5 Å². The van der Waals surface area contributed by atoms with E-state index in [1.807, 2.05) is 0 Å². The highest BCUT2D eigenvalue weighted by molar-refractivity contribution is 9.11. The summed E-state index contributed by atoms with van der Waals surface area (Å²) >= 11 is 16.3. The zero-order chi connectivity index (χ0) is 25.9. The Morgan fingerprint density at radius 1 is 1.20 bits per heavy atom. The van der Waals surface area contributed by atoms with Crippen LogP contribution in [0.3, 0.4) is 0 Å². The van der Waals surface area contributed by atoms with Crippen molar-refractivity contribution in [2.75, 3.05) is 25.5 Å². The molecule has 2 heterocycles. The minimum absolute atomic E-state index is 0.117. The minimum Gasteiger partial charge on any atom is -0.464 e. The predicted octanol–water partition coefficient (Wildman–Crippen LogP) is 5.49. The van der Waals surface area contributed by atoms with E-state index in [0.717, 1.165) is 5.01 Å². The average molecular weight is 694 g/mol. The molecule has 3 rings (SSSR count). The van der Waals surface area contributed by atoms with Crippen LogP contribution in [0.5, 0.6) is 0 Å². The van der Waals surface area contributed by atoms with Gasteiger partial charge < -0.3 is 10.4 Å². The first-order chi connectivity index (χ1) is 16.5. The molecule has 0 bridgehead atoms. The highest BCUT2D eigenvalue weighted by atomic mass is 79.9. The van der Waals surface area contributed by atoms with Crippen molar-refractivity contribution >= 4 is 82.9 Å². The van der Waals surface area contributed by atoms with Gasteiger partial charge in [0.2, 0.25) is 0 Å². The molecule has 0 spiro atoms. The maximum absolute atomic E-state index is 13.3. The van der Waals surface area contributed by atoms with Gasteiger partial charge in [0.25, 0.3) is 5.91 Å². The third kappa shape index (κ3) is 6.28. The molecule has 10 nitrogen and oxygen atoms in total. The number of likely N-dealkylation sites (N-methyl/N-ethyl adjacent to an activating group) is 1. The number of halogens is 4. The number of benzene rings is 1. The second kappa shape index (κ2) is 11.6. The number of carbonyl (C=O) groups is 3. The van der Waals surface area contributed by atoms with Crippen LogP contribution in [0.2, 0.25) is 5.02 Å². The highest BCUT2D eigenvalue weighted by Crippen LogP contribution is 2.32. The molecule has 2 amide bonds. The molecular formula is C21H18Br3ClN6O4. The van der Waals surface area contributed by atoms with Crippen molar-refractivity contribution in [1.29, 1.82) is 0 Å². The Kier molecular flexibility index (Phi) is 9.05. The lowest BCUT2D eigenvalue weighted by molar-refractivity contribution is 0.0172. The number of aromatic nitrogens is 3. The van der Waals surface area contributed by atoms with Gasteiger partial charge in [0.1, 0.15) is 10.3 Å². The molecule has 0 aliphatic heterocycles. The summed E-state index contributed by atoms with van der Waals surface area (Å²) < 4.78 is 2.70. The summed E-state index contributed by atoms with van der Waals surface area (Å²) in [6.07, 6.45) is 0.324. The van der Waals surface area contributed by atoms with Crippen molar-refractivity contribution in [2.24, 2.45) is 0 Å². The molecule has 1 aromatic carbocycles. The first kappa shape index (κ1) is 27.3. The van der Waals surface area contributed by atoms with E-state index < -0.39 is 17.8 Å². The zero-order valence-corrected chi connectivity index (χ0v) is 23.8. The van der Waals surface area contributed by atoms with Gasteiger partial charge in [-0.05, 0) is 56.1 Å². The Morgan fingerprint density at radius 3 is 2.54 bits per heavy atom. The fourth-order valence-electron chi connectivity index (χ4n) is 3.11. The van der Waals surface area contributed by atoms with Gasteiger partial charge in [-0.2, -0.15) is 5.10 Å². The van der Waals surface area contributed by atoms with E-state index in [1.165, 1.54) is 29.0 Å². The number of anilines is 1. The van der Waals surface area contributed by atoms with Crippen molar-refractivity contribution in [3.63, 3.8) is 0 Å². The Hall–Kier alpha value is -2.32. The van der Waals surface area contributed by atoms with Crippen LogP contribution in [0.4, 0.5) is 10.5 Å². The smallest absolute Gasteiger partial charge is 0.421 e. The summed E-state index contributed by atoms with van der Waals surface area (Å²) in [5, 5.41) is 18.9. The zero-order valence-electron chi connectivity index (χ0n) is 18.3. The summed E-state index contributed by atoms with van der Waals surface area (Å²) in [5.74, 6) is -0.719. The molecule has 0 unspecified atom stereocenters. The topological polar surface area (TPSA) is 121 Å². The SMILES string of the molecule is CCN(CC(=O)c1cc(Br)cc(Br)c1NC(=O)c1cc(Br)nn1-c1ncccc1Cl)N(C)C(=O)O. The Labute approximate surface area is 230 Å². The Bertz CT molecular complexity index is 1300. The van der Waals surface area contributed by atoms with E-state index in [9.17, 15) is 19.5 Å². The van der Waals surface area contributed by atoms with Gasteiger partial charge in [-0.3, -0.25) is 9.59 Å². The fourth-order valence-corrected chi connectivity index (χ4v) is 5.01. The first-order valence-electron chi connectivity index (χ1n) is 9.95. The number of nitrogens with one attached hydrogen (secondary N) is 1. The summed E-state index contributed by atoms with van der Waals surface area (Å²) in [6, 6.07) is 8.00. The third-order valence-corrected chi connectivity index (χ3v) is 6.60. The summed E-state index contributed by atoms with van der Waals surface area (Å²) in [5.41, 5.74) is 0.512. The van der Waals surface area contributed by atoms with Crippen molar-refractivity contribution in [1.82, 2.24) is 24.8 Å². The monoisotopic (exact) mass is 690 g/mol. The molecule has 0 atom stereocenters. The largest absolute Gasteiger partial charge is 0.464 e. The lowest BCUT2D eigenvalue weighted by Gasteiger charge is -2.28. The van der Waals surface area contributed by atoms with Crippen LogP contribution in [0.15, 0.2) is 50.1 Å². The van der Waals surface area contributed by atoms with Crippen LogP contribution in [0.1, 0.15) is 27.8 Å². The molecule has 0 fully saturated rings. The van der Waals surface area contributed by atoms with Gasteiger partial charge in [0.15, 0.2) is 11.6 Å². The first-order valence-corrected chi connectivity index (χ1v) is 12.7. The van der Waals surface area contributed by atoms with E-state index in [4.69, 9.17) is 11.6 Å². The molecule has 0 aliphatic carbocycles. The van der Waals surface area contributed by atoms with E-state index >= 15 is 0 Å². The van der Waals surface area contributed by atoms with E-state index in [2.05, 4.69) is 63.2 Å². The number of carbonyl (C=O) groups excluding carboxylic acids is 2. The van der Waals surface area contributed by atoms with E-state index in [-0.39, 0.29) is 35.9 Å². The molecule has 2 aromatic heterocycles. The van der Waals surface area contributed by atoms with Crippen molar-refractivity contribution in [3.8, 4) is 5.82 Å². The Morgan fingerprint density at radius 2 is 1.91 bits per heavy atom. The molecule has 2 N–H and O–H groups in total. The second-order valence-electron chi connectivity index (χ2n) is 7.05. The molecule has 0 saturated heterocycles. The molecule has 0 radical (unpaired) electrons. The van der Waals surface area contributed by atoms with Crippen molar-refractivity contribution in [2.45, 2.75) is 6.92 Å². The number of nitrogens with zero attached hydrogens (tertiary/aromatic N) is 5. The quantitative estimate of drug-likeness (QED) is 0.237. The third-order valence-electron chi connectivity index (χ3n) is 4.84. The molecule has 3 aromatic rings. The van der Waals surface area contributed by atoms with Crippen LogP contribution in [0, 0.1) is 0 Å². The van der Waals surface area contributed by atoms with Gasteiger partial charge in [-0.1, -0.05) is 34.5 Å². The molecule has 0 saturated carbocycles. The standard InChI is InChI=1S/C21H18Br3ClN6O4/c1-3-30(29(2)21(34)35)10-16(32)12-7-11(22)8-13(23)18(12)27-20(33)15-9-17(24)28-31(15)19-14(25)5-4-6-26-19/h4-9H,3,10H2,1-2H3,(H,27,33)(H,34,35). The van der Waals surface area contributed by atoms with Crippen LogP contribution in [-0.2, 0) is 0 Å². The molecule has 14 heteroatoms. The number of hydrogen-bond donors (Lipinski definition) is 2. The number of pyridine rings is 1. The molecule has 0 aliphatic rings. The van der Waals surface area contributed by atoms with Gasteiger partial charge in [0.05, 0.1) is 17.3 Å². The average Bonchev–Trinajstić information content (AvgIpc) is 3.20. The lowest BCUT2D eigenvalue weighted by Crippen LogP contribution is -2.45. The van der Waals surface area contributed by atoms with E-state index in [0.29, 0.717) is 18.6 Å². The fraction of sp³-hybridized carbons (Fsp3) is 0.190. The molecule has 184 valence electrons. The van der Waals surface area contributed by atoms with Gasteiger partial charge in [-0.25, -0.2) is 24.5 Å². The van der Waals surface area contributed by atoms with Gasteiger partial charge in [0, 0.05) is 40.4 Å². The van der Waals surface area contributed by atoms with Crippen LogP contribution >= 0.6 is 59.4 Å². The number of amides is 2. The second-order valence-corrected chi connectivity index (χ2v) is 10.0. The number of hydrogen-bond acceptors (Lipinski definition) is 6. The van der Waals surface area contributed by atoms with Crippen LogP contribution < -0.4 is 5.32 Å². The van der Waals surface area contributed by atoms with Crippen molar-refractivity contribution in [3.05, 3.63) is 66.4 Å². The highest BCUT2D eigenvalue weighted by Gasteiger charge is 2.25. The Balaban J connectivity index is 1.98. The molecule has 35 heavy (non-hydrogen) atoms. The summed E-state index contributed by atoms with van der Waals surface area (Å²) in [7, 11) is 1.35. The van der Waals surface area contributed by atoms with Crippen LogP contribution in [-0.4, -0.2) is 67.8 Å². The number of rotatable bonds is 8.